The van der Waals surface area contributed by atoms with Crippen molar-refractivity contribution < 1.29 is 14.6 Å². The summed E-state index contributed by atoms with van der Waals surface area (Å²) in [6.07, 6.45) is 3.20. The number of aliphatic hydroxyl groups is 1. The summed E-state index contributed by atoms with van der Waals surface area (Å²) in [5, 5.41) is 14.9. The van der Waals surface area contributed by atoms with Gasteiger partial charge >= 0.3 is 6.03 Å². The van der Waals surface area contributed by atoms with Crippen LogP contribution >= 0.6 is 0 Å². The van der Waals surface area contributed by atoms with E-state index in [0.29, 0.717) is 24.9 Å². The van der Waals surface area contributed by atoms with E-state index in [1.807, 2.05) is 24.3 Å². The Morgan fingerprint density at radius 2 is 1.96 bits per heavy atom. The predicted molar refractivity (Wildman–Crippen MR) is 94.8 cm³/mol. The first-order valence-corrected chi connectivity index (χ1v) is 8.92. The summed E-state index contributed by atoms with van der Waals surface area (Å²) in [4.78, 5) is 12.0. The molecule has 2 rings (SSSR count). The smallest absolute Gasteiger partial charge is 0.314 e. The van der Waals surface area contributed by atoms with E-state index in [4.69, 9.17) is 9.84 Å². The molecule has 0 spiro atoms. The molecule has 134 valence electrons. The van der Waals surface area contributed by atoms with Gasteiger partial charge < -0.3 is 20.5 Å². The number of ether oxygens (including phenoxy) is 1. The van der Waals surface area contributed by atoms with Crippen LogP contribution in [0.4, 0.5) is 4.79 Å². The maximum Gasteiger partial charge on any atom is 0.314 e. The first kappa shape index (κ1) is 18.7. The third kappa shape index (κ3) is 5.80. The van der Waals surface area contributed by atoms with Gasteiger partial charge in [0.15, 0.2) is 0 Å². The molecule has 24 heavy (non-hydrogen) atoms. The van der Waals surface area contributed by atoms with Crippen LogP contribution in [0.5, 0.6) is 0 Å². The van der Waals surface area contributed by atoms with Crippen LogP contribution in [-0.2, 0) is 17.8 Å². The SMILES string of the molecule is CC(C)C1OCCCC1CNC(=O)NCCc1ccc(CO)cc1. The fraction of sp³-hybridized carbons (Fsp3) is 0.632. The quantitative estimate of drug-likeness (QED) is 0.717. The van der Waals surface area contributed by atoms with E-state index >= 15 is 0 Å². The van der Waals surface area contributed by atoms with E-state index in [0.717, 1.165) is 37.0 Å². The number of aliphatic hydroxyl groups excluding tert-OH is 1. The Hall–Kier alpha value is -1.59. The normalized spacial score (nSPS) is 20.8. The number of amides is 2. The predicted octanol–water partition coefficient (Wildman–Crippen LogP) is 2.47. The number of nitrogens with one attached hydrogen (secondary N) is 2. The highest BCUT2D eigenvalue weighted by atomic mass is 16.5. The van der Waals surface area contributed by atoms with Gasteiger partial charge in [-0.05, 0) is 36.3 Å². The molecule has 2 amide bonds. The van der Waals surface area contributed by atoms with Crippen LogP contribution in [0.2, 0.25) is 0 Å². The van der Waals surface area contributed by atoms with Crippen molar-refractivity contribution in [2.45, 2.75) is 45.8 Å². The minimum Gasteiger partial charge on any atom is -0.392 e. The first-order chi connectivity index (χ1) is 11.6. The summed E-state index contributed by atoms with van der Waals surface area (Å²) < 4.78 is 5.85. The fourth-order valence-corrected chi connectivity index (χ4v) is 3.24. The highest BCUT2D eigenvalue weighted by Gasteiger charge is 2.28. The zero-order chi connectivity index (χ0) is 17.4. The molecule has 3 N–H and O–H groups in total. The zero-order valence-corrected chi connectivity index (χ0v) is 14.8. The van der Waals surface area contributed by atoms with Crippen LogP contribution in [0.25, 0.3) is 0 Å². The second-order valence-electron chi connectivity index (χ2n) is 6.84. The topological polar surface area (TPSA) is 70.6 Å². The molecule has 1 saturated heterocycles. The van der Waals surface area contributed by atoms with Gasteiger partial charge in [0.1, 0.15) is 0 Å². The number of rotatable bonds is 7. The van der Waals surface area contributed by atoms with Gasteiger partial charge in [-0.3, -0.25) is 0 Å². The summed E-state index contributed by atoms with van der Waals surface area (Å²) in [6, 6.07) is 7.67. The van der Waals surface area contributed by atoms with Crippen LogP contribution < -0.4 is 10.6 Å². The summed E-state index contributed by atoms with van der Waals surface area (Å²) in [6.45, 7) is 6.50. The second-order valence-corrected chi connectivity index (χ2v) is 6.84. The van der Waals surface area contributed by atoms with Gasteiger partial charge in [-0.1, -0.05) is 38.1 Å². The minimum atomic E-state index is -0.116. The Bertz CT molecular complexity index is 502. The lowest BCUT2D eigenvalue weighted by Crippen LogP contribution is -2.44. The third-order valence-corrected chi connectivity index (χ3v) is 4.58. The minimum absolute atomic E-state index is 0.0587. The van der Waals surface area contributed by atoms with Gasteiger partial charge in [-0.15, -0.1) is 0 Å². The Morgan fingerprint density at radius 1 is 1.25 bits per heavy atom. The van der Waals surface area contributed by atoms with Crippen LogP contribution in [0.3, 0.4) is 0 Å². The summed E-state index contributed by atoms with van der Waals surface area (Å²) in [7, 11) is 0. The third-order valence-electron chi connectivity index (χ3n) is 4.58. The fourth-order valence-electron chi connectivity index (χ4n) is 3.24. The number of hydrogen-bond donors (Lipinski definition) is 3. The lowest BCUT2D eigenvalue weighted by Gasteiger charge is -2.34. The van der Waals surface area contributed by atoms with Crippen molar-refractivity contribution in [3.63, 3.8) is 0 Å². The van der Waals surface area contributed by atoms with Crippen molar-refractivity contribution in [2.75, 3.05) is 19.7 Å². The van der Waals surface area contributed by atoms with Crippen molar-refractivity contribution in [3.05, 3.63) is 35.4 Å². The van der Waals surface area contributed by atoms with E-state index in [-0.39, 0.29) is 18.7 Å². The Balaban J connectivity index is 1.67. The molecule has 1 heterocycles. The Kier molecular flexibility index (Phi) is 7.53. The van der Waals surface area contributed by atoms with E-state index in [2.05, 4.69) is 24.5 Å². The molecule has 2 atom stereocenters. The van der Waals surface area contributed by atoms with Crippen LogP contribution in [-0.4, -0.2) is 36.9 Å². The summed E-state index contributed by atoms with van der Waals surface area (Å²) in [5.74, 6) is 0.873. The van der Waals surface area contributed by atoms with Crippen molar-refractivity contribution in [1.82, 2.24) is 10.6 Å². The van der Waals surface area contributed by atoms with Gasteiger partial charge in [-0.2, -0.15) is 0 Å². The van der Waals surface area contributed by atoms with E-state index in [9.17, 15) is 4.79 Å². The molecule has 5 nitrogen and oxygen atoms in total. The van der Waals surface area contributed by atoms with Gasteiger partial charge in [0.2, 0.25) is 0 Å². The molecule has 0 bridgehead atoms. The molecule has 0 aromatic heterocycles. The number of carbonyl (C=O) groups excluding carboxylic acids is 1. The maximum atomic E-state index is 12.0. The average molecular weight is 334 g/mol. The van der Waals surface area contributed by atoms with Gasteiger partial charge in [0, 0.05) is 25.6 Å². The zero-order valence-electron chi connectivity index (χ0n) is 14.8. The molecule has 1 aromatic carbocycles. The molecule has 1 aliphatic rings. The first-order valence-electron chi connectivity index (χ1n) is 8.92. The van der Waals surface area contributed by atoms with Gasteiger partial charge in [-0.25, -0.2) is 4.79 Å². The van der Waals surface area contributed by atoms with Crippen LogP contribution in [0.15, 0.2) is 24.3 Å². The molecule has 5 heteroatoms. The summed E-state index contributed by atoms with van der Waals surface area (Å²) in [5.41, 5.74) is 2.05. The molecular formula is C19H30N2O3. The van der Waals surface area contributed by atoms with Crippen molar-refractivity contribution in [3.8, 4) is 0 Å². The molecule has 0 saturated carbocycles. The van der Waals surface area contributed by atoms with Crippen molar-refractivity contribution in [1.29, 1.82) is 0 Å². The van der Waals surface area contributed by atoms with E-state index in [1.165, 1.54) is 0 Å². The highest BCUT2D eigenvalue weighted by molar-refractivity contribution is 5.73. The van der Waals surface area contributed by atoms with Gasteiger partial charge in [0.25, 0.3) is 0 Å². The standard InChI is InChI=1S/C19H30N2O3/c1-14(2)18-17(4-3-11-24-18)12-21-19(23)20-10-9-15-5-7-16(13-22)8-6-15/h5-8,14,17-18,22H,3-4,9-13H2,1-2H3,(H2,20,21,23). The second kappa shape index (κ2) is 9.64. The number of hydrogen-bond acceptors (Lipinski definition) is 3. The van der Waals surface area contributed by atoms with Gasteiger partial charge in [0.05, 0.1) is 12.7 Å². The monoisotopic (exact) mass is 334 g/mol. The maximum absolute atomic E-state index is 12.0. The molecule has 1 aromatic rings. The number of benzene rings is 1. The summed E-state index contributed by atoms with van der Waals surface area (Å²) >= 11 is 0. The average Bonchev–Trinajstić information content (AvgIpc) is 2.60. The highest BCUT2D eigenvalue weighted by Crippen LogP contribution is 2.25. The van der Waals surface area contributed by atoms with Crippen molar-refractivity contribution >= 4 is 6.03 Å². The van der Waals surface area contributed by atoms with Crippen LogP contribution in [0, 0.1) is 11.8 Å². The largest absolute Gasteiger partial charge is 0.392 e. The number of urea groups is 1. The Labute approximate surface area is 144 Å². The lowest BCUT2D eigenvalue weighted by atomic mass is 9.87. The van der Waals surface area contributed by atoms with E-state index in [1.54, 1.807) is 0 Å². The van der Waals surface area contributed by atoms with E-state index < -0.39 is 0 Å². The number of carbonyl (C=O) groups is 1. The Morgan fingerprint density at radius 3 is 2.62 bits per heavy atom. The molecule has 1 fully saturated rings. The van der Waals surface area contributed by atoms with Crippen LogP contribution in [0.1, 0.15) is 37.8 Å². The molecule has 1 aliphatic heterocycles. The molecule has 2 unspecified atom stereocenters. The molecular weight excluding hydrogens is 304 g/mol. The molecule has 0 aliphatic carbocycles. The molecule has 0 radical (unpaired) electrons. The lowest BCUT2D eigenvalue weighted by molar-refractivity contribution is -0.0508. The van der Waals surface area contributed by atoms with Crippen molar-refractivity contribution in [2.24, 2.45) is 11.8 Å².